The van der Waals surface area contributed by atoms with Crippen LogP contribution >= 0.6 is 0 Å². The van der Waals surface area contributed by atoms with Crippen molar-refractivity contribution in [3.63, 3.8) is 0 Å². The third-order valence-electron chi connectivity index (χ3n) is 4.71. The molecule has 0 heterocycles. The molecule has 112 valence electrons. The molecule has 0 aromatic heterocycles. The van der Waals surface area contributed by atoms with Gasteiger partial charge in [-0.15, -0.1) is 0 Å². The highest BCUT2D eigenvalue weighted by Crippen LogP contribution is 2.34. The first kappa shape index (κ1) is 15.3. The summed E-state index contributed by atoms with van der Waals surface area (Å²) < 4.78 is 6.31. The fraction of sp³-hybridized carbons (Fsp3) is 1.00. The molecule has 2 nitrogen and oxygen atoms in total. The van der Waals surface area contributed by atoms with Crippen molar-refractivity contribution in [3.8, 4) is 0 Å². The van der Waals surface area contributed by atoms with Crippen LogP contribution in [-0.4, -0.2) is 24.8 Å². The highest BCUT2D eigenvalue weighted by atomic mass is 16.5. The summed E-state index contributed by atoms with van der Waals surface area (Å²) in [5.41, 5.74) is 0.200. The summed E-state index contributed by atoms with van der Waals surface area (Å²) in [6, 6.07) is 0.815. The minimum Gasteiger partial charge on any atom is -0.374 e. The van der Waals surface area contributed by atoms with Crippen LogP contribution in [0.2, 0.25) is 0 Å². The van der Waals surface area contributed by atoms with E-state index in [0.717, 1.165) is 19.2 Å². The van der Waals surface area contributed by atoms with Crippen LogP contribution in [-0.2, 0) is 4.74 Å². The Balaban J connectivity index is 1.54. The fourth-order valence-corrected chi connectivity index (χ4v) is 3.18. The molecule has 2 heteroatoms. The Bertz CT molecular complexity index is 231. The van der Waals surface area contributed by atoms with Gasteiger partial charge in [0.05, 0.1) is 5.60 Å². The van der Waals surface area contributed by atoms with E-state index in [1.54, 1.807) is 0 Å². The third-order valence-corrected chi connectivity index (χ3v) is 4.71. The molecule has 0 aliphatic heterocycles. The normalized spacial score (nSPS) is 21.9. The van der Waals surface area contributed by atoms with Crippen molar-refractivity contribution in [2.75, 3.05) is 13.2 Å². The van der Waals surface area contributed by atoms with Crippen LogP contribution in [0.15, 0.2) is 0 Å². The zero-order chi connectivity index (χ0) is 13.4. The van der Waals surface area contributed by atoms with E-state index in [1.165, 1.54) is 77.0 Å². The van der Waals surface area contributed by atoms with Gasteiger partial charge in [0.1, 0.15) is 0 Å². The van der Waals surface area contributed by atoms with Crippen molar-refractivity contribution in [2.45, 2.75) is 95.6 Å². The zero-order valence-electron chi connectivity index (χ0n) is 12.9. The van der Waals surface area contributed by atoms with Gasteiger partial charge >= 0.3 is 0 Å². The molecule has 0 amide bonds. The topological polar surface area (TPSA) is 21.3 Å². The van der Waals surface area contributed by atoms with Crippen LogP contribution in [0.1, 0.15) is 84.0 Å². The molecule has 0 aromatic carbocycles. The van der Waals surface area contributed by atoms with Crippen LogP contribution in [0.5, 0.6) is 0 Å². The number of rotatable bonds is 11. The Morgan fingerprint density at radius 1 is 1.00 bits per heavy atom. The molecule has 0 bridgehead atoms. The van der Waals surface area contributed by atoms with E-state index in [1.807, 2.05) is 0 Å². The van der Waals surface area contributed by atoms with E-state index in [0.29, 0.717) is 0 Å². The molecule has 2 aliphatic carbocycles. The number of hydrogen-bond donors (Lipinski definition) is 1. The van der Waals surface area contributed by atoms with Gasteiger partial charge < -0.3 is 10.1 Å². The Morgan fingerprint density at radius 3 is 2.37 bits per heavy atom. The van der Waals surface area contributed by atoms with Gasteiger partial charge in [0, 0.05) is 19.2 Å². The van der Waals surface area contributed by atoms with Gasteiger partial charge in [0.25, 0.3) is 0 Å². The highest BCUT2D eigenvalue weighted by molar-refractivity contribution is 4.92. The number of hydrogen-bond acceptors (Lipinski definition) is 2. The van der Waals surface area contributed by atoms with E-state index in [2.05, 4.69) is 12.2 Å². The smallest absolute Gasteiger partial charge is 0.0806 e. The number of nitrogens with one attached hydrogen (secondary N) is 1. The van der Waals surface area contributed by atoms with Crippen LogP contribution in [0.25, 0.3) is 0 Å². The molecule has 0 radical (unpaired) electrons. The van der Waals surface area contributed by atoms with Crippen molar-refractivity contribution in [3.05, 3.63) is 0 Å². The maximum absolute atomic E-state index is 6.31. The summed E-state index contributed by atoms with van der Waals surface area (Å²) in [5.74, 6) is 0. The Hall–Kier alpha value is -0.0800. The molecule has 0 unspecified atom stereocenters. The Kier molecular flexibility index (Phi) is 6.66. The average molecular weight is 267 g/mol. The molecule has 2 fully saturated rings. The molecule has 0 saturated heterocycles. The van der Waals surface area contributed by atoms with E-state index in [-0.39, 0.29) is 5.60 Å². The quantitative estimate of drug-likeness (QED) is 0.559. The van der Waals surface area contributed by atoms with Gasteiger partial charge in [0.2, 0.25) is 0 Å². The SMILES string of the molecule is CCCCCCCCOC1(CNC2CC2)CCCC1. The third kappa shape index (κ3) is 5.83. The summed E-state index contributed by atoms with van der Waals surface area (Å²) in [6.45, 7) is 4.37. The lowest BCUT2D eigenvalue weighted by Crippen LogP contribution is -2.41. The van der Waals surface area contributed by atoms with Gasteiger partial charge in [-0.2, -0.15) is 0 Å². The van der Waals surface area contributed by atoms with Crippen molar-refractivity contribution in [1.29, 1.82) is 0 Å². The lowest BCUT2D eigenvalue weighted by atomic mass is 10.0. The molecule has 19 heavy (non-hydrogen) atoms. The van der Waals surface area contributed by atoms with E-state index >= 15 is 0 Å². The minimum atomic E-state index is 0.200. The first-order valence-corrected chi connectivity index (χ1v) is 8.72. The first-order chi connectivity index (χ1) is 9.35. The second-order valence-corrected chi connectivity index (χ2v) is 6.66. The molecular formula is C17H33NO. The van der Waals surface area contributed by atoms with E-state index < -0.39 is 0 Å². The lowest BCUT2D eigenvalue weighted by Gasteiger charge is -2.30. The van der Waals surface area contributed by atoms with Crippen LogP contribution < -0.4 is 5.32 Å². The van der Waals surface area contributed by atoms with Crippen molar-refractivity contribution in [2.24, 2.45) is 0 Å². The molecule has 2 saturated carbocycles. The van der Waals surface area contributed by atoms with Crippen molar-refractivity contribution >= 4 is 0 Å². The molecule has 2 rings (SSSR count). The Morgan fingerprint density at radius 2 is 1.68 bits per heavy atom. The number of unbranched alkanes of at least 4 members (excludes halogenated alkanes) is 5. The van der Waals surface area contributed by atoms with Crippen LogP contribution in [0.3, 0.4) is 0 Å². The summed E-state index contributed by atoms with van der Waals surface area (Å²) >= 11 is 0. The van der Waals surface area contributed by atoms with Crippen molar-refractivity contribution in [1.82, 2.24) is 5.32 Å². The lowest BCUT2D eigenvalue weighted by molar-refractivity contribution is -0.0410. The Labute approximate surface area is 119 Å². The maximum Gasteiger partial charge on any atom is 0.0806 e. The summed E-state index contributed by atoms with van der Waals surface area (Å²) in [4.78, 5) is 0. The fourth-order valence-electron chi connectivity index (χ4n) is 3.18. The zero-order valence-corrected chi connectivity index (χ0v) is 12.9. The van der Waals surface area contributed by atoms with Crippen molar-refractivity contribution < 1.29 is 4.74 Å². The van der Waals surface area contributed by atoms with Gasteiger partial charge in [-0.05, 0) is 32.1 Å². The average Bonchev–Trinajstić information content (AvgIpc) is 3.15. The molecule has 0 aromatic rings. The number of ether oxygens (including phenoxy) is 1. The molecule has 1 N–H and O–H groups in total. The second-order valence-electron chi connectivity index (χ2n) is 6.66. The van der Waals surface area contributed by atoms with Gasteiger partial charge in [-0.3, -0.25) is 0 Å². The molecule has 0 spiro atoms. The van der Waals surface area contributed by atoms with E-state index in [9.17, 15) is 0 Å². The predicted molar refractivity (Wildman–Crippen MR) is 81.6 cm³/mol. The molecular weight excluding hydrogens is 234 g/mol. The maximum atomic E-state index is 6.31. The largest absolute Gasteiger partial charge is 0.374 e. The highest BCUT2D eigenvalue weighted by Gasteiger charge is 2.36. The summed E-state index contributed by atoms with van der Waals surface area (Å²) in [5, 5.41) is 3.68. The van der Waals surface area contributed by atoms with Crippen LogP contribution in [0.4, 0.5) is 0 Å². The van der Waals surface area contributed by atoms with Gasteiger partial charge in [-0.25, -0.2) is 0 Å². The minimum absolute atomic E-state index is 0.200. The molecule has 2 aliphatic rings. The molecule has 0 atom stereocenters. The second kappa shape index (κ2) is 8.26. The standard InChI is InChI=1S/C17H33NO/c1-2-3-4-5-6-9-14-19-17(12-7-8-13-17)15-18-16-10-11-16/h16,18H,2-15H2,1H3. The summed E-state index contributed by atoms with van der Waals surface area (Å²) in [6.07, 6.45) is 16.2. The van der Waals surface area contributed by atoms with E-state index in [4.69, 9.17) is 4.74 Å². The van der Waals surface area contributed by atoms with Crippen LogP contribution in [0, 0.1) is 0 Å². The predicted octanol–water partition coefficient (Wildman–Crippen LogP) is 4.43. The summed E-state index contributed by atoms with van der Waals surface area (Å²) in [7, 11) is 0. The first-order valence-electron chi connectivity index (χ1n) is 8.72. The van der Waals surface area contributed by atoms with Gasteiger partial charge in [0.15, 0.2) is 0 Å². The van der Waals surface area contributed by atoms with Gasteiger partial charge in [-0.1, -0.05) is 51.9 Å². The monoisotopic (exact) mass is 267 g/mol.